The van der Waals surface area contributed by atoms with Crippen LogP contribution in [0.3, 0.4) is 0 Å². The Morgan fingerprint density at radius 2 is 1.84 bits per heavy atom. The van der Waals surface area contributed by atoms with E-state index in [0.29, 0.717) is 17.4 Å². The van der Waals surface area contributed by atoms with E-state index in [1.807, 2.05) is 54.6 Å². The van der Waals surface area contributed by atoms with Gasteiger partial charge in [0, 0.05) is 5.56 Å². The van der Waals surface area contributed by atoms with Gasteiger partial charge in [-0.05, 0) is 17.7 Å². The zero-order valence-electron chi connectivity index (χ0n) is 13.4. The maximum atomic E-state index is 9.74. The molecule has 7 heteroatoms. The van der Waals surface area contributed by atoms with Gasteiger partial charge in [0.05, 0.1) is 7.11 Å². The maximum absolute atomic E-state index is 9.74. The monoisotopic (exact) mass is 333 g/mol. The first-order valence-electron chi connectivity index (χ1n) is 7.71. The van der Waals surface area contributed by atoms with Gasteiger partial charge in [-0.3, -0.25) is 0 Å². The first-order chi connectivity index (χ1) is 12.3. The molecule has 7 nitrogen and oxygen atoms in total. The number of rotatable bonds is 3. The van der Waals surface area contributed by atoms with Gasteiger partial charge < -0.3 is 9.94 Å². The fraction of sp³-hybridized carbons (Fsp3) is 0.111. The zero-order valence-corrected chi connectivity index (χ0v) is 13.4. The van der Waals surface area contributed by atoms with Crippen molar-refractivity contribution in [1.29, 1.82) is 0 Å². The summed E-state index contributed by atoms with van der Waals surface area (Å²) < 4.78 is 6.86. The van der Waals surface area contributed by atoms with Gasteiger partial charge >= 0.3 is 0 Å². The molecular weight excluding hydrogens is 318 g/mol. The molecule has 1 aromatic heterocycles. The summed E-state index contributed by atoms with van der Waals surface area (Å²) in [5.41, 5.74) is 2.73. The summed E-state index contributed by atoms with van der Waals surface area (Å²) in [5, 5.41) is 17.5. The maximum Gasteiger partial charge on any atom is 0.249 e. The number of fused-ring (bicyclic) bond motifs is 1. The van der Waals surface area contributed by atoms with Crippen molar-refractivity contribution in [3.8, 4) is 5.75 Å². The lowest BCUT2D eigenvalue weighted by molar-refractivity contribution is 0.316. The molecule has 4 rings (SSSR count). The highest BCUT2D eigenvalue weighted by Crippen LogP contribution is 2.31. The van der Waals surface area contributed by atoms with Crippen LogP contribution in [0.15, 0.2) is 71.1 Å². The molecule has 1 N–H and O–H groups in total. The van der Waals surface area contributed by atoms with Crippen LogP contribution >= 0.6 is 0 Å². The Morgan fingerprint density at radius 1 is 1.08 bits per heavy atom. The third kappa shape index (κ3) is 2.55. The third-order valence-corrected chi connectivity index (χ3v) is 4.10. The molecule has 1 atom stereocenters. The molecule has 0 fully saturated rings. The largest absolute Gasteiger partial charge is 0.497 e. The average molecular weight is 333 g/mol. The van der Waals surface area contributed by atoms with E-state index >= 15 is 0 Å². The molecule has 0 saturated heterocycles. The smallest absolute Gasteiger partial charge is 0.249 e. The van der Waals surface area contributed by atoms with Crippen molar-refractivity contribution >= 4 is 17.4 Å². The van der Waals surface area contributed by atoms with Crippen molar-refractivity contribution in [3.05, 3.63) is 72.1 Å². The highest BCUT2D eigenvalue weighted by atomic mass is 16.5. The van der Waals surface area contributed by atoms with Gasteiger partial charge in [0.1, 0.15) is 29.5 Å². The number of aliphatic imine (C=N–C) groups is 1. The van der Waals surface area contributed by atoms with Crippen molar-refractivity contribution < 1.29 is 9.94 Å². The van der Waals surface area contributed by atoms with Crippen LogP contribution in [-0.2, 0) is 0 Å². The van der Waals surface area contributed by atoms with Crippen molar-refractivity contribution in [2.75, 3.05) is 7.11 Å². The molecule has 0 saturated carbocycles. The molecule has 0 amide bonds. The summed E-state index contributed by atoms with van der Waals surface area (Å²) in [6.07, 6.45) is 1.44. The van der Waals surface area contributed by atoms with Crippen LogP contribution in [-0.4, -0.2) is 38.5 Å². The molecule has 0 aliphatic carbocycles. The molecule has 2 aromatic carbocycles. The molecule has 2 heterocycles. The number of aromatic nitrogens is 3. The van der Waals surface area contributed by atoms with Crippen LogP contribution in [0, 0.1) is 0 Å². The molecule has 1 unspecified atom stereocenters. The summed E-state index contributed by atoms with van der Waals surface area (Å²) in [4.78, 5) is 8.74. The standard InChI is InChI=1S/C18H15N5O2/c1-25-14-9-7-13(8-10-14)17-16(22-24)15(12-5-3-2-4-6-12)21-18-19-11-20-23(17)18/h2-11,17,24H,1H3/b22-16+. The minimum Gasteiger partial charge on any atom is -0.497 e. The molecule has 124 valence electrons. The van der Waals surface area contributed by atoms with Crippen molar-refractivity contribution in [2.45, 2.75) is 6.04 Å². The number of methoxy groups -OCH3 is 1. The Morgan fingerprint density at radius 3 is 2.52 bits per heavy atom. The number of nitrogens with zero attached hydrogens (tertiary/aromatic N) is 5. The first kappa shape index (κ1) is 15.1. The summed E-state index contributed by atoms with van der Waals surface area (Å²) >= 11 is 0. The molecule has 1 aliphatic rings. The third-order valence-electron chi connectivity index (χ3n) is 4.10. The minimum atomic E-state index is -0.430. The van der Waals surface area contributed by atoms with Gasteiger partial charge in [-0.15, -0.1) is 0 Å². The second-order valence-corrected chi connectivity index (χ2v) is 5.49. The van der Waals surface area contributed by atoms with E-state index in [-0.39, 0.29) is 0 Å². The van der Waals surface area contributed by atoms with Crippen LogP contribution in [0.4, 0.5) is 5.95 Å². The Balaban J connectivity index is 1.88. The quantitative estimate of drug-likeness (QED) is 0.590. The van der Waals surface area contributed by atoms with Gasteiger partial charge in [0.15, 0.2) is 0 Å². The molecule has 0 radical (unpaired) electrons. The van der Waals surface area contributed by atoms with Gasteiger partial charge in [0.25, 0.3) is 0 Å². The summed E-state index contributed by atoms with van der Waals surface area (Å²) in [7, 11) is 1.62. The molecule has 0 spiro atoms. The van der Waals surface area contributed by atoms with Crippen LogP contribution in [0.5, 0.6) is 5.75 Å². The van der Waals surface area contributed by atoms with Crippen molar-refractivity contribution in [1.82, 2.24) is 14.8 Å². The Kier molecular flexibility index (Phi) is 3.74. The summed E-state index contributed by atoms with van der Waals surface area (Å²) in [6.45, 7) is 0. The zero-order chi connectivity index (χ0) is 17.2. The van der Waals surface area contributed by atoms with Crippen molar-refractivity contribution in [2.24, 2.45) is 10.1 Å². The van der Waals surface area contributed by atoms with E-state index in [2.05, 4.69) is 20.2 Å². The number of benzene rings is 2. The predicted octanol–water partition coefficient (Wildman–Crippen LogP) is 2.84. The number of hydrogen-bond donors (Lipinski definition) is 1. The van der Waals surface area contributed by atoms with E-state index in [0.717, 1.165) is 16.9 Å². The number of oxime groups is 1. The predicted molar refractivity (Wildman–Crippen MR) is 93.0 cm³/mol. The molecule has 0 bridgehead atoms. The van der Waals surface area contributed by atoms with E-state index < -0.39 is 6.04 Å². The normalized spacial score (nSPS) is 17.9. The number of ether oxygens (including phenoxy) is 1. The van der Waals surface area contributed by atoms with Gasteiger partial charge in [-0.1, -0.05) is 47.6 Å². The van der Waals surface area contributed by atoms with E-state index in [4.69, 9.17) is 4.74 Å². The van der Waals surface area contributed by atoms with Crippen LogP contribution in [0.1, 0.15) is 17.2 Å². The fourth-order valence-corrected chi connectivity index (χ4v) is 2.90. The van der Waals surface area contributed by atoms with E-state index in [1.54, 1.807) is 11.8 Å². The van der Waals surface area contributed by atoms with Crippen LogP contribution in [0.2, 0.25) is 0 Å². The highest BCUT2D eigenvalue weighted by Gasteiger charge is 2.33. The lowest BCUT2D eigenvalue weighted by atomic mass is 9.94. The number of hydrogen-bond acceptors (Lipinski definition) is 6. The SMILES string of the molecule is COc1ccc(C2/C(=N/O)C(c3ccccc3)=Nc3ncnn32)cc1. The minimum absolute atomic E-state index is 0.411. The topological polar surface area (TPSA) is 84.9 Å². The van der Waals surface area contributed by atoms with Crippen molar-refractivity contribution in [3.63, 3.8) is 0 Å². The second kappa shape index (κ2) is 6.20. The van der Waals surface area contributed by atoms with Gasteiger partial charge in [-0.25, -0.2) is 9.67 Å². The van der Waals surface area contributed by atoms with Crippen LogP contribution < -0.4 is 4.74 Å². The fourth-order valence-electron chi connectivity index (χ4n) is 2.90. The summed E-state index contributed by atoms with van der Waals surface area (Å²) in [6, 6.07) is 16.7. The lowest BCUT2D eigenvalue weighted by Gasteiger charge is -2.24. The Hall–Kier alpha value is -3.48. The average Bonchev–Trinajstić information content (AvgIpc) is 3.15. The van der Waals surface area contributed by atoms with E-state index in [1.165, 1.54) is 6.33 Å². The van der Waals surface area contributed by atoms with Gasteiger partial charge in [0.2, 0.25) is 5.95 Å². The molecular formula is C18H15N5O2. The highest BCUT2D eigenvalue weighted by molar-refractivity contribution is 6.50. The molecule has 25 heavy (non-hydrogen) atoms. The lowest BCUT2D eigenvalue weighted by Crippen LogP contribution is -2.32. The van der Waals surface area contributed by atoms with E-state index in [9.17, 15) is 5.21 Å². The second-order valence-electron chi connectivity index (χ2n) is 5.49. The molecule has 1 aliphatic heterocycles. The Bertz CT molecular complexity index is 945. The molecule has 3 aromatic rings. The summed E-state index contributed by atoms with van der Waals surface area (Å²) in [5.74, 6) is 1.21. The first-order valence-corrected chi connectivity index (χ1v) is 7.71. The Labute approximate surface area is 143 Å². The van der Waals surface area contributed by atoms with Gasteiger partial charge in [-0.2, -0.15) is 10.1 Å². The van der Waals surface area contributed by atoms with Crippen LogP contribution in [0.25, 0.3) is 0 Å².